The molecule has 0 amide bonds. The van der Waals surface area contributed by atoms with Gasteiger partial charge in [-0.2, -0.15) is 18.3 Å². The lowest BCUT2D eigenvalue weighted by Gasteiger charge is -2.12. The summed E-state index contributed by atoms with van der Waals surface area (Å²) in [6, 6.07) is 3.16. The molecule has 0 bridgehead atoms. The van der Waals surface area contributed by atoms with Crippen molar-refractivity contribution >= 4 is 21.7 Å². The van der Waals surface area contributed by atoms with Gasteiger partial charge in [0.25, 0.3) is 0 Å². The van der Waals surface area contributed by atoms with Gasteiger partial charge >= 0.3 is 6.18 Å². The summed E-state index contributed by atoms with van der Waals surface area (Å²) < 4.78 is 40.3. The Morgan fingerprint density at radius 1 is 1.32 bits per heavy atom. The summed E-state index contributed by atoms with van der Waals surface area (Å²) in [6.07, 6.45) is -4.60. The molecular weight excluding hydrogens is 327 g/mol. The number of phenolic OH excluding ortho intramolecular Hbond substituents is 1. The Hall–Kier alpha value is -1.70. The summed E-state index contributed by atoms with van der Waals surface area (Å²) >= 11 is 2.99. The van der Waals surface area contributed by atoms with Crippen LogP contribution in [0.4, 0.5) is 19.0 Å². The molecule has 8 heteroatoms. The second-order valence-corrected chi connectivity index (χ2v) is 4.78. The maximum absolute atomic E-state index is 13.0. The molecule has 0 aliphatic carbocycles. The minimum absolute atomic E-state index is 0.0908. The number of aromatic nitrogens is 2. The smallest absolute Gasteiger partial charge is 0.417 e. The maximum Gasteiger partial charge on any atom is 0.417 e. The summed E-state index contributed by atoms with van der Waals surface area (Å²) in [6.45, 7) is 0. The van der Waals surface area contributed by atoms with Crippen LogP contribution in [-0.4, -0.2) is 14.9 Å². The van der Waals surface area contributed by atoms with Gasteiger partial charge in [-0.1, -0.05) is 0 Å². The number of aryl methyl sites for hydroxylation is 1. The zero-order chi connectivity index (χ0) is 14.4. The highest BCUT2D eigenvalue weighted by Gasteiger charge is 2.35. The number of halogens is 4. The number of alkyl halides is 3. The van der Waals surface area contributed by atoms with Crippen LogP contribution in [0.3, 0.4) is 0 Å². The number of anilines is 1. The van der Waals surface area contributed by atoms with E-state index in [1.54, 1.807) is 0 Å². The number of phenols is 1. The third-order valence-corrected chi connectivity index (χ3v) is 3.22. The fourth-order valence-electron chi connectivity index (χ4n) is 1.62. The van der Waals surface area contributed by atoms with Crippen LogP contribution in [-0.2, 0) is 13.2 Å². The van der Waals surface area contributed by atoms with Crippen LogP contribution >= 0.6 is 15.9 Å². The van der Waals surface area contributed by atoms with E-state index in [9.17, 15) is 18.3 Å². The fraction of sp³-hybridized carbons (Fsp3) is 0.182. The Morgan fingerprint density at radius 2 is 1.95 bits per heavy atom. The van der Waals surface area contributed by atoms with Gasteiger partial charge in [-0.3, -0.25) is 4.68 Å². The third kappa shape index (κ3) is 2.53. The first kappa shape index (κ1) is 13.7. The van der Waals surface area contributed by atoms with Crippen LogP contribution in [0, 0.1) is 0 Å². The number of hydrogen-bond acceptors (Lipinski definition) is 3. The minimum Gasteiger partial charge on any atom is -0.507 e. The zero-order valence-electron chi connectivity index (χ0n) is 9.66. The molecule has 1 heterocycles. The molecule has 0 saturated heterocycles. The number of nitrogens with two attached hydrogens (primary N) is 1. The molecular formula is C11H9BrF3N3O. The zero-order valence-corrected chi connectivity index (χ0v) is 11.2. The Kier molecular flexibility index (Phi) is 3.21. The van der Waals surface area contributed by atoms with Gasteiger partial charge in [0.15, 0.2) is 0 Å². The Labute approximate surface area is 114 Å². The molecule has 0 fully saturated rings. The molecule has 4 nitrogen and oxygen atoms in total. The molecule has 1 aromatic heterocycles. The molecule has 0 radical (unpaired) electrons. The lowest BCUT2D eigenvalue weighted by Crippen LogP contribution is -2.07. The summed E-state index contributed by atoms with van der Waals surface area (Å²) in [5.41, 5.74) is 4.54. The second kappa shape index (κ2) is 4.44. The monoisotopic (exact) mass is 335 g/mol. The highest BCUT2D eigenvalue weighted by atomic mass is 79.9. The molecule has 0 unspecified atom stereocenters. The number of benzene rings is 1. The SMILES string of the molecule is Cn1nc(-c2cc(Br)c(O)cc2C(F)(F)F)cc1N. The van der Waals surface area contributed by atoms with Crippen LogP contribution in [0.1, 0.15) is 5.56 Å². The second-order valence-electron chi connectivity index (χ2n) is 3.93. The predicted octanol–water partition coefficient (Wildman–Crippen LogP) is 3.16. The van der Waals surface area contributed by atoms with Gasteiger partial charge in [-0.15, -0.1) is 0 Å². The third-order valence-electron chi connectivity index (χ3n) is 2.58. The summed E-state index contributed by atoms with van der Waals surface area (Å²) in [7, 11) is 1.53. The van der Waals surface area contributed by atoms with Gasteiger partial charge in [-0.05, 0) is 28.1 Å². The largest absolute Gasteiger partial charge is 0.507 e. The topological polar surface area (TPSA) is 64.1 Å². The average molecular weight is 336 g/mol. The number of aromatic hydroxyl groups is 1. The van der Waals surface area contributed by atoms with Crippen molar-refractivity contribution in [2.45, 2.75) is 6.18 Å². The maximum atomic E-state index is 13.0. The van der Waals surface area contributed by atoms with Crippen LogP contribution in [0.25, 0.3) is 11.3 Å². The van der Waals surface area contributed by atoms with E-state index >= 15 is 0 Å². The Bertz CT molecular complexity index is 617. The van der Waals surface area contributed by atoms with Crippen LogP contribution < -0.4 is 5.73 Å². The molecule has 2 aromatic rings. The van der Waals surface area contributed by atoms with E-state index in [0.29, 0.717) is 6.07 Å². The van der Waals surface area contributed by atoms with Crippen molar-refractivity contribution < 1.29 is 18.3 Å². The van der Waals surface area contributed by atoms with Gasteiger partial charge in [0, 0.05) is 18.7 Å². The minimum atomic E-state index is -4.60. The van der Waals surface area contributed by atoms with E-state index in [1.807, 2.05) is 0 Å². The van der Waals surface area contributed by atoms with Gasteiger partial charge in [0.2, 0.25) is 0 Å². The highest BCUT2D eigenvalue weighted by molar-refractivity contribution is 9.10. The predicted molar refractivity (Wildman–Crippen MR) is 67.4 cm³/mol. The van der Waals surface area contributed by atoms with E-state index in [2.05, 4.69) is 21.0 Å². The lowest BCUT2D eigenvalue weighted by molar-refractivity contribution is -0.137. The molecule has 0 aliphatic heterocycles. The Balaban J connectivity index is 2.71. The number of hydrogen-bond donors (Lipinski definition) is 2. The molecule has 19 heavy (non-hydrogen) atoms. The molecule has 102 valence electrons. The standard InChI is InChI=1S/C11H9BrF3N3O/c1-18-10(16)4-8(17-18)5-2-7(12)9(19)3-6(5)11(13,14)15/h2-4,19H,16H2,1H3. The van der Waals surface area contributed by atoms with Crippen LogP contribution in [0.5, 0.6) is 5.75 Å². The first-order chi connectivity index (χ1) is 8.70. The van der Waals surface area contributed by atoms with E-state index in [0.717, 1.165) is 0 Å². The first-order valence-electron chi connectivity index (χ1n) is 5.09. The van der Waals surface area contributed by atoms with Gasteiger partial charge in [-0.25, -0.2) is 0 Å². The van der Waals surface area contributed by atoms with Crippen molar-refractivity contribution in [3.63, 3.8) is 0 Å². The highest BCUT2D eigenvalue weighted by Crippen LogP contribution is 2.41. The van der Waals surface area contributed by atoms with E-state index in [-0.39, 0.29) is 21.5 Å². The number of rotatable bonds is 1. The van der Waals surface area contributed by atoms with Crippen LogP contribution in [0.15, 0.2) is 22.7 Å². The lowest BCUT2D eigenvalue weighted by atomic mass is 10.0. The summed E-state index contributed by atoms with van der Waals surface area (Å²) in [4.78, 5) is 0. The van der Waals surface area contributed by atoms with Crippen molar-refractivity contribution in [3.8, 4) is 17.0 Å². The van der Waals surface area contributed by atoms with Crippen molar-refractivity contribution in [1.82, 2.24) is 9.78 Å². The average Bonchev–Trinajstić information content (AvgIpc) is 2.61. The van der Waals surface area contributed by atoms with Crippen molar-refractivity contribution in [1.29, 1.82) is 0 Å². The quantitative estimate of drug-likeness (QED) is 0.841. The molecule has 0 atom stereocenters. The molecule has 0 spiro atoms. The molecule has 3 N–H and O–H groups in total. The van der Waals surface area contributed by atoms with Gasteiger partial charge < -0.3 is 10.8 Å². The van der Waals surface area contributed by atoms with E-state index < -0.39 is 17.5 Å². The van der Waals surface area contributed by atoms with E-state index in [4.69, 9.17) is 5.73 Å². The Morgan fingerprint density at radius 3 is 2.42 bits per heavy atom. The summed E-state index contributed by atoms with van der Waals surface area (Å²) in [5, 5.41) is 13.3. The van der Waals surface area contributed by atoms with Gasteiger partial charge in [0.1, 0.15) is 11.6 Å². The first-order valence-corrected chi connectivity index (χ1v) is 5.89. The number of nitrogens with zero attached hydrogens (tertiary/aromatic N) is 2. The molecule has 0 aliphatic rings. The fourth-order valence-corrected chi connectivity index (χ4v) is 1.96. The molecule has 1 aromatic carbocycles. The number of nitrogen functional groups attached to an aromatic ring is 1. The molecule has 0 saturated carbocycles. The van der Waals surface area contributed by atoms with Crippen LogP contribution in [0.2, 0.25) is 0 Å². The summed E-state index contributed by atoms with van der Waals surface area (Å²) in [5.74, 6) is -0.243. The molecule has 2 rings (SSSR count). The van der Waals surface area contributed by atoms with Crippen molar-refractivity contribution in [2.24, 2.45) is 7.05 Å². The van der Waals surface area contributed by atoms with Crippen molar-refractivity contribution in [2.75, 3.05) is 5.73 Å². The van der Waals surface area contributed by atoms with Gasteiger partial charge in [0.05, 0.1) is 15.7 Å². The normalized spacial score (nSPS) is 11.8. The van der Waals surface area contributed by atoms with E-state index in [1.165, 1.54) is 23.9 Å². The van der Waals surface area contributed by atoms with Crippen molar-refractivity contribution in [3.05, 3.63) is 28.2 Å².